The number of hydrogen-bond acceptors (Lipinski definition) is 6. The Balaban J connectivity index is 1.89. The van der Waals surface area contributed by atoms with Crippen LogP contribution in [0, 0.1) is 5.41 Å². The summed E-state index contributed by atoms with van der Waals surface area (Å²) in [4.78, 5) is 29.2. The van der Waals surface area contributed by atoms with E-state index in [1.165, 1.54) is 11.1 Å². The van der Waals surface area contributed by atoms with Gasteiger partial charge in [-0.25, -0.2) is 9.38 Å². The molecule has 2 heterocycles. The average Bonchev–Trinajstić information content (AvgIpc) is 2.71. The second-order valence-electron chi connectivity index (χ2n) is 7.35. The van der Waals surface area contributed by atoms with E-state index in [1.54, 1.807) is 6.08 Å². The summed E-state index contributed by atoms with van der Waals surface area (Å²) in [6.45, 7) is 0.195. The van der Waals surface area contributed by atoms with E-state index in [4.69, 9.17) is 17.0 Å². The Labute approximate surface area is 191 Å². The van der Waals surface area contributed by atoms with Gasteiger partial charge in [0.15, 0.2) is 0 Å². The summed E-state index contributed by atoms with van der Waals surface area (Å²) < 4.78 is 56.2. The van der Waals surface area contributed by atoms with Crippen molar-refractivity contribution < 1.29 is 31.9 Å². The van der Waals surface area contributed by atoms with Gasteiger partial charge in [-0.05, 0) is 29.9 Å². The Kier molecular flexibility index (Phi) is 7.57. The van der Waals surface area contributed by atoms with Crippen molar-refractivity contribution in [2.24, 2.45) is 4.99 Å². The van der Waals surface area contributed by atoms with E-state index < -0.39 is 42.4 Å². The fourth-order valence-electron chi connectivity index (χ4n) is 3.34. The summed E-state index contributed by atoms with van der Waals surface area (Å²) in [5, 5.41) is 14.0. The molecule has 0 bridgehead atoms. The van der Waals surface area contributed by atoms with Gasteiger partial charge in [-0.2, -0.15) is 0 Å². The molecule has 2 amide bonds. The number of ether oxygens (including phenoxy) is 1. The molecular formula is C20H20ClF4N5O3. The Morgan fingerprint density at radius 1 is 1.39 bits per heavy atom. The van der Waals surface area contributed by atoms with E-state index in [0.29, 0.717) is 0 Å². The highest BCUT2D eigenvalue weighted by atomic mass is 35.5. The van der Waals surface area contributed by atoms with Gasteiger partial charge >= 0.3 is 6.36 Å². The van der Waals surface area contributed by atoms with Gasteiger partial charge in [0.2, 0.25) is 5.91 Å². The van der Waals surface area contributed by atoms with Crippen LogP contribution in [-0.2, 0) is 14.3 Å². The lowest BCUT2D eigenvalue weighted by Crippen LogP contribution is -2.51. The van der Waals surface area contributed by atoms with E-state index in [9.17, 15) is 27.2 Å². The summed E-state index contributed by atoms with van der Waals surface area (Å²) in [7, 11) is 0. The van der Waals surface area contributed by atoms with Crippen LogP contribution < -0.4 is 10.6 Å². The SMILES string of the molecule is N=C(/C=C(\NC1C=CN=C(Cl)C1)C1=CC(F)CC(OC(F)(F)F)=C1)C(=O)N1CCNC(=O)C1. The number of aliphatic imine (C=N–C) groups is 1. The summed E-state index contributed by atoms with van der Waals surface area (Å²) in [6, 6.07) is -0.480. The molecule has 1 fully saturated rings. The lowest BCUT2D eigenvalue weighted by atomic mass is 9.99. The number of carbonyl (C=O) groups is 2. The lowest BCUT2D eigenvalue weighted by molar-refractivity contribution is -0.306. The Morgan fingerprint density at radius 2 is 2.15 bits per heavy atom. The van der Waals surface area contributed by atoms with E-state index in [2.05, 4.69) is 20.4 Å². The molecule has 0 aromatic carbocycles. The second kappa shape index (κ2) is 10.2. The van der Waals surface area contributed by atoms with Crippen molar-refractivity contribution in [2.75, 3.05) is 19.6 Å². The van der Waals surface area contributed by atoms with Crippen LogP contribution in [0.5, 0.6) is 0 Å². The zero-order chi connectivity index (χ0) is 24.2. The first kappa shape index (κ1) is 24.5. The first-order valence-electron chi connectivity index (χ1n) is 9.84. The number of halogens is 5. The fraction of sp³-hybridized carbons (Fsp3) is 0.400. The van der Waals surface area contributed by atoms with E-state index in [-0.39, 0.29) is 48.4 Å². The zero-order valence-electron chi connectivity index (χ0n) is 17.1. The Bertz CT molecular complexity index is 987. The maximum Gasteiger partial charge on any atom is 0.572 e. The highest BCUT2D eigenvalue weighted by Gasteiger charge is 2.34. The van der Waals surface area contributed by atoms with Crippen molar-refractivity contribution in [3.8, 4) is 0 Å². The third-order valence-electron chi connectivity index (χ3n) is 4.74. The third kappa shape index (κ3) is 7.17. The molecule has 2 unspecified atom stereocenters. The summed E-state index contributed by atoms with van der Waals surface area (Å²) in [6.07, 6.45) is -0.990. The van der Waals surface area contributed by atoms with Gasteiger partial charge in [-0.15, -0.1) is 13.2 Å². The number of piperazine rings is 1. The molecule has 2 atom stereocenters. The van der Waals surface area contributed by atoms with Crippen LogP contribution in [0.1, 0.15) is 12.8 Å². The van der Waals surface area contributed by atoms with Gasteiger partial charge in [0.1, 0.15) is 22.8 Å². The maximum absolute atomic E-state index is 14.2. The molecule has 3 rings (SSSR count). The van der Waals surface area contributed by atoms with Crippen LogP contribution >= 0.6 is 11.6 Å². The van der Waals surface area contributed by atoms with Gasteiger partial charge < -0.3 is 20.3 Å². The maximum atomic E-state index is 14.2. The van der Waals surface area contributed by atoms with E-state index in [0.717, 1.165) is 18.2 Å². The van der Waals surface area contributed by atoms with Crippen molar-refractivity contribution >= 4 is 34.3 Å². The van der Waals surface area contributed by atoms with Gasteiger partial charge in [0, 0.05) is 37.8 Å². The van der Waals surface area contributed by atoms with Crippen molar-refractivity contribution in [3.63, 3.8) is 0 Å². The fourth-order valence-corrected chi connectivity index (χ4v) is 3.56. The van der Waals surface area contributed by atoms with Crippen LogP contribution in [0.3, 0.4) is 0 Å². The highest BCUT2D eigenvalue weighted by molar-refractivity contribution is 6.65. The number of carbonyl (C=O) groups excluding carboxylic acids is 2. The summed E-state index contributed by atoms with van der Waals surface area (Å²) in [5.74, 6) is -1.78. The predicted octanol–water partition coefficient (Wildman–Crippen LogP) is 2.45. The minimum Gasteiger partial charge on any atom is -0.410 e. The molecule has 0 saturated carbocycles. The minimum atomic E-state index is -5.00. The highest BCUT2D eigenvalue weighted by Crippen LogP contribution is 2.30. The topological polar surface area (TPSA) is 107 Å². The predicted molar refractivity (Wildman–Crippen MR) is 112 cm³/mol. The Morgan fingerprint density at radius 3 is 2.82 bits per heavy atom. The molecule has 3 aliphatic rings. The van der Waals surface area contributed by atoms with Crippen LogP contribution in [0.4, 0.5) is 17.6 Å². The number of rotatable bonds is 6. The molecular weight excluding hydrogens is 470 g/mol. The molecule has 1 aliphatic carbocycles. The molecule has 0 aromatic heterocycles. The first-order chi connectivity index (χ1) is 15.5. The monoisotopic (exact) mass is 489 g/mol. The van der Waals surface area contributed by atoms with Gasteiger partial charge in [0.05, 0.1) is 12.6 Å². The van der Waals surface area contributed by atoms with Crippen LogP contribution in [0.2, 0.25) is 0 Å². The largest absolute Gasteiger partial charge is 0.572 e. The first-order valence-corrected chi connectivity index (χ1v) is 10.2. The van der Waals surface area contributed by atoms with Crippen LogP contribution in [-0.4, -0.2) is 65.8 Å². The molecule has 1 saturated heterocycles. The lowest BCUT2D eigenvalue weighted by Gasteiger charge is -2.27. The number of alkyl halides is 4. The summed E-state index contributed by atoms with van der Waals surface area (Å²) in [5.41, 5.74) is -0.559. The molecule has 0 spiro atoms. The molecule has 2 aliphatic heterocycles. The number of nitrogens with zero attached hydrogens (tertiary/aromatic N) is 2. The molecule has 0 radical (unpaired) electrons. The van der Waals surface area contributed by atoms with Crippen molar-refractivity contribution in [2.45, 2.75) is 31.4 Å². The van der Waals surface area contributed by atoms with Crippen molar-refractivity contribution in [3.05, 3.63) is 47.5 Å². The number of hydrogen-bond donors (Lipinski definition) is 3. The summed E-state index contributed by atoms with van der Waals surface area (Å²) >= 11 is 5.94. The normalized spacial score (nSPS) is 23.8. The molecule has 13 heteroatoms. The zero-order valence-corrected chi connectivity index (χ0v) is 17.8. The standard InChI is InChI=1S/C20H20ClF4N5O3/c21-17-8-13(1-2-27-17)29-16(9-15(26)19(32)30-4-3-28-18(31)10-30)11-5-12(22)7-14(6-11)33-20(23,24)25/h1-2,5-6,9,12-13,26,29H,3-4,7-8,10H2,(H,28,31)/b16-9-,26-15?. The van der Waals surface area contributed by atoms with Crippen molar-refractivity contribution in [1.82, 2.24) is 15.5 Å². The molecule has 178 valence electrons. The molecule has 33 heavy (non-hydrogen) atoms. The third-order valence-corrected chi connectivity index (χ3v) is 4.99. The number of nitrogens with one attached hydrogen (secondary N) is 3. The van der Waals surface area contributed by atoms with Gasteiger partial charge in [-0.1, -0.05) is 11.6 Å². The quantitative estimate of drug-likeness (QED) is 0.393. The van der Waals surface area contributed by atoms with E-state index >= 15 is 0 Å². The van der Waals surface area contributed by atoms with Gasteiger partial charge in [0.25, 0.3) is 5.91 Å². The average molecular weight is 490 g/mol. The number of allylic oxidation sites excluding steroid dienone is 3. The molecule has 0 aromatic rings. The van der Waals surface area contributed by atoms with E-state index in [1.807, 2.05) is 0 Å². The minimum absolute atomic E-state index is 0.0152. The van der Waals surface area contributed by atoms with Crippen LogP contribution in [0.15, 0.2) is 52.5 Å². The van der Waals surface area contributed by atoms with Gasteiger partial charge in [-0.3, -0.25) is 15.0 Å². The molecule has 8 nitrogen and oxygen atoms in total. The Hall–Kier alpha value is -3.15. The van der Waals surface area contributed by atoms with Crippen molar-refractivity contribution in [1.29, 1.82) is 5.41 Å². The smallest absolute Gasteiger partial charge is 0.410 e. The number of amides is 2. The van der Waals surface area contributed by atoms with Crippen LogP contribution in [0.25, 0.3) is 0 Å². The molecule has 3 N–H and O–H groups in total. The second-order valence-corrected chi connectivity index (χ2v) is 7.79.